The highest BCUT2D eigenvalue weighted by Crippen LogP contribution is 2.13. The molecule has 0 saturated carbocycles. The molecule has 0 atom stereocenters. The Labute approximate surface area is 172 Å². The average Bonchev–Trinajstić information content (AvgIpc) is 3.26. The van der Waals surface area contributed by atoms with Crippen molar-refractivity contribution in [3.8, 4) is 5.75 Å². The lowest BCUT2D eigenvalue weighted by atomic mass is 10.1. The van der Waals surface area contributed by atoms with Gasteiger partial charge in [-0.05, 0) is 48.8 Å². The SMILES string of the molecule is CCCOc1ccc(/C=c2\sc3nc(/C=C/c4ccc(C)cc4)nn3c2=O)cc1. The summed E-state index contributed by atoms with van der Waals surface area (Å²) in [6.45, 7) is 4.82. The lowest BCUT2D eigenvalue weighted by Crippen LogP contribution is -2.23. The summed E-state index contributed by atoms with van der Waals surface area (Å²) >= 11 is 1.34. The van der Waals surface area contributed by atoms with Crippen LogP contribution < -0.4 is 14.8 Å². The number of benzene rings is 2. The number of thiazole rings is 1. The lowest BCUT2D eigenvalue weighted by molar-refractivity contribution is 0.317. The Morgan fingerprint density at radius 1 is 1.03 bits per heavy atom. The van der Waals surface area contributed by atoms with Crippen LogP contribution in [-0.2, 0) is 0 Å². The van der Waals surface area contributed by atoms with Crippen LogP contribution in [0.5, 0.6) is 5.75 Å². The van der Waals surface area contributed by atoms with Crippen LogP contribution >= 0.6 is 11.3 Å². The molecule has 0 bridgehead atoms. The first kappa shape index (κ1) is 19.1. The van der Waals surface area contributed by atoms with Gasteiger partial charge in [-0.15, -0.1) is 5.10 Å². The van der Waals surface area contributed by atoms with E-state index in [2.05, 4.69) is 36.1 Å². The first-order chi connectivity index (χ1) is 14.1. The third kappa shape index (κ3) is 4.43. The summed E-state index contributed by atoms with van der Waals surface area (Å²) < 4.78 is 7.56. The molecular weight excluding hydrogens is 382 g/mol. The van der Waals surface area contributed by atoms with Crippen molar-refractivity contribution in [3.63, 3.8) is 0 Å². The van der Waals surface area contributed by atoms with Gasteiger partial charge in [0.15, 0.2) is 5.82 Å². The molecule has 29 heavy (non-hydrogen) atoms. The number of aryl methyl sites for hydroxylation is 1. The highest BCUT2D eigenvalue weighted by Gasteiger charge is 2.08. The molecule has 146 valence electrons. The maximum absolute atomic E-state index is 12.7. The van der Waals surface area contributed by atoms with Gasteiger partial charge in [0.25, 0.3) is 5.56 Å². The Morgan fingerprint density at radius 2 is 1.76 bits per heavy atom. The Bertz CT molecular complexity index is 1250. The monoisotopic (exact) mass is 403 g/mol. The molecule has 4 rings (SSSR count). The standard InChI is InChI=1S/C23H21N3O2S/c1-3-14-28-19-11-8-18(9-12-19)15-20-22(27)26-23(29-20)24-21(25-26)13-10-17-6-4-16(2)5-7-17/h4-13,15H,3,14H2,1-2H3/b13-10+,20-15-. The van der Waals surface area contributed by atoms with E-state index in [9.17, 15) is 4.79 Å². The molecule has 0 aliphatic carbocycles. The van der Waals surface area contributed by atoms with Crippen molar-refractivity contribution < 1.29 is 4.74 Å². The summed E-state index contributed by atoms with van der Waals surface area (Å²) in [5.74, 6) is 1.36. The minimum atomic E-state index is -0.154. The van der Waals surface area contributed by atoms with Crippen LogP contribution in [-0.4, -0.2) is 21.2 Å². The van der Waals surface area contributed by atoms with Crippen LogP contribution in [0.3, 0.4) is 0 Å². The number of hydrogen-bond donors (Lipinski definition) is 0. The van der Waals surface area contributed by atoms with Gasteiger partial charge in [-0.3, -0.25) is 4.79 Å². The molecule has 0 fully saturated rings. The van der Waals surface area contributed by atoms with Crippen molar-refractivity contribution in [2.24, 2.45) is 0 Å². The Kier molecular flexibility index (Phi) is 5.53. The van der Waals surface area contributed by atoms with Gasteiger partial charge in [0.05, 0.1) is 11.1 Å². The maximum atomic E-state index is 12.7. The second-order valence-corrected chi connectivity index (χ2v) is 7.75. The average molecular weight is 404 g/mol. The molecule has 5 nitrogen and oxygen atoms in total. The van der Waals surface area contributed by atoms with Crippen LogP contribution in [0.25, 0.3) is 23.2 Å². The molecule has 2 aromatic carbocycles. The minimum absolute atomic E-state index is 0.154. The largest absolute Gasteiger partial charge is 0.494 e. The molecule has 2 heterocycles. The minimum Gasteiger partial charge on any atom is -0.494 e. The molecule has 2 aromatic heterocycles. The van der Waals surface area contributed by atoms with Crippen molar-refractivity contribution in [1.82, 2.24) is 14.6 Å². The van der Waals surface area contributed by atoms with E-state index in [0.717, 1.165) is 23.3 Å². The van der Waals surface area contributed by atoms with E-state index in [1.54, 1.807) is 0 Å². The summed E-state index contributed by atoms with van der Waals surface area (Å²) in [5, 5.41) is 4.33. The van der Waals surface area contributed by atoms with Gasteiger partial charge in [-0.2, -0.15) is 9.50 Å². The first-order valence-corrected chi connectivity index (χ1v) is 10.3. The van der Waals surface area contributed by atoms with Crippen molar-refractivity contribution in [2.75, 3.05) is 6.61 Å². The van der Waals surface area contributed by atoms with Gasteiger partial charge in [0.1, 0.15) is 5.75 Å². The summed E-state index contributed by atoms with van der Waals surface area (Å²) in [7, 11) is 0. The molecule has 0 N–H and O–H groups in total. The van der Waals surface area contributed by atoms with E-state index in [1.165, 1.54) is 21.4 Å². The van der Waals surface area contributed by atoms with E-state index < -0.39 is 0 Å². The number of rotatable bonds is 6. The van der Waals surface area contributed by atoms with E-state index in [4.69, 9.17) is 4.74 Å². The Morgan fingerprint density at radius 3 is 2.45 bits per heavy atom. The second-order valence-electron chi connectivity index (χ2n) is 6.74. The van der Waals surface area contributed by atoms with E-state index in [1.807, 2.05) is 54.6 Å². The number of nitrogens with zero attached hydrogens (tertiary/aromatic N) is 3. The molecule has 0 amide bonds. The van der Waals surface area contributed by atoms with Crippen molar-refractivity contribution in [2.45, 2.75) is 20.3 Å². The molecule has 0 spiro atoms. The molecule has 0 aliphatic heterocycles. The van der Waals surface area contributed by atoms with E-state index in [0.29, 0.717) is 21.9 Å². The molecule has 0 saturated heterocycles. The fraction of sp³-hybridized carbons (Fsp3) is 0.174. The smallest absolute Gasteiger partial charge is 0.291 e. The zero-order valence-electron chi connectivity index (χ0n) is 16.3. The topological polar surface area (TPSA) is 56.5 Å². The molecule has 0 unspecified atom stereocenters. The Balaban J connectivity index is 1.57. The van der Waals surface area contributed by atoms with Crippen LogP contribution in [0.2, 0.25) is 0 Å². The zero-order chi connectivity index (χ0) is 20.2. The fourth-order valence-electron chi connectivity index (χ4n) is 2.80. The summed E-state index contributed by atoms with van der Waals surface area (Å²) in [4.78, 5) is 17.7. The predicted molar refractivity (Wildman–Crippen MR) is 118 cm³/mol. The van der Waals surface area contributed by atoms with Crippen LogP contribution in [0.4, 0.5) is 0 Å². The van der Waals surface area contributed by atoms with Gasteiger partial charge < -0.3 is 4.74 Å². The number of ether oxygens (including phenoxy) is 1. The quantitative estimate of drug-likeness (QED) is 0.489. The van der Waals surface area contributed by atoms with Crippen LogP contribution in [0.15, 0.2) is 53.3 Å². The number of aromatic nitrogens is 3. The van der Waals surface area contributed by atoms with Crippen LogP contribution in [0.1, 0.15) is 35.9 Å². The third-order valence-electron chi connectivity index (χ3n) is 4.35. The third-order valence-corrected chi connectivity index (χ3v) is 5.31. The predicted octanol–water partition coefficient (Wildman–Crippen LogP) is 3.97. The highest BCUT2D eigenvalue weighted by atomic mass is 32.1. The van der Waals surface area contributed by atoms with Crippen LogP contribution in [0, 0.1) is 6.92 Å². The number of fused-ring (bicyclic) bond motifs is 1. The normalized spacial score (nSPS) is 12.3. The summed E-state index contributed by atoms with van der Waals surface area (Å²) in [6.07, 6.45) is 6.59. The fourth-order valence-corrected chi connectivity index (χ4v) is 3.71. The molecular formula is C23H21N3O2S. The highest BCUT2D eigenvalue weighted by molar-refractivity contribution is 7.15. The molecule has 0 radical (unpaired) electrons. The van der Waals surface area contributed by atoms with Crippen molar-refractivity contribution >= 4 is 34.5 Å². The van der Waals surface area contributed by atoms with Gasteiger partial charge in [0, 0.05) is 0 Å². The zero-order valence-corrected chi connectivity index (χ0v) is 17.1. The second kappa shape index (κ2) is 8.41. The number of hydrogen-bond acceptors (Lipinski definition) is 5. The van der Waals surface area contributed by atoms with E-state index >= 15 is 0 Å². The van der Waals surface area contributed by atoms with Gasteiger partial charge in [0.2, 0.25) is 4.96 Å². The first-order valence-electron chi connectivity index (χ1n) is 9.51. The lowest BCUT2D eigenvalue weighted by Gasteiger charge is -2.03. The van der Waals surface area contributed by atoms with Gasteiger partial charge >= 0.3 is 0 Å². The summed E-state index contributed by atoms with van der Waals surface area (Å²) in [6, 6.07) is 15.9. The van der Waals surface area contributed by atoms with Crippen molar-refractivity contribution in [3.05, 3.63) is 85.9 Å². The van der Waals surface area contributed by atoms with Gasteiger partial charge in [-0.25, -0.2) is 0 Å². The van der Waals surface area contributed by atoms with E-state index in [-0.39, 0.29) is 5.56 Å². The maximum Gasteiger partial charge on any atom is 0.291 e. The molecule has 0 aliphatic rings. The molecule has 4 aromatic rings. The van der Waals surface area contributed by atoms with Gasteiger partial charge in [-0.1, -0.05) is 66.3 Å². The Hall–Kier alpha value is -3.25. The summed E-state index contributed by atoms with van der Waals surface area (Å²) in [5.41, 5.74) is 3.07. The molecule has 6 heteroatoms. The van der Waals surface area contributed by atoms with Crippen molar-refractivity contribution in [1.29, 1.82) is 0 Å².